The average Bonchev–Trinajstić information content (AvgIpc) is 2.37. The monoisotopic (exact) mass is 304 g/mol. The molecule has 0 atom stereocenters. The van der Waals surface area contributed by atoms with Crippen LogP contribution in [0.25, 0.3) is 0 Å². The first-order valence-corrected chi connectivity index (χ1v) is 6.30. The van der Waals surface area contributed by atoms with Gasteiger partial charge in [-0.05, 0) is 18.5 Å². The number of aryl methyl sites for hydroxylation is 1. The molecule has 0 fully saturated rings. The van der Waals surface area contributed by atoms with Gasteiger partial charge in [0.25, 0.3) is 0 Å². The molecule has 0 spiro atoms. The Morgan fingerprint density at radius 3 is 2.25 bits per heavy atom. The number of aromatic nitrogens is 2. The summed E-state index contributed by atoms with van der Waals surface area (Å²) in [5.74, 6) is 0.182. The summed E-state index contributed by atoms with van der Waals surface area (Å²) < 4.78 is 10.0. The average molecular weight is 305 g/mol. The second-order valence-corrected chi connectivity index (χ2v) is 4.32. The summed E-state index contributed by atoms with van der Waals surface area (Å²) in [6, 6.07) is 0. The SMILES string of the molecule is COCCN(CCOC)c1nc(Cl)nc(C)c1[N+](=O)[O-]. The second-order valence-electron chi connectivity index (χ2n) is 3.98. The van der Waals surface area contributed by atoms with Crippen LogP contribution in [-0.4, -0.2) is 55.4 Å². The molecule has 0 aliphatic carbocycles. The summed E-state index contributed by atoms with van der Waals surface area (Å²) >= 11 is 5.80. The number of hydrogen-bond acceptors (Lipinski definition) is 7. The Balaban J connectivity index is 3.18. The van der Waals surface area contributed by atoms with Crippen LogP contribution in [0.4, 0.5) is 11.5 Å². The first kappa shape index (κ1) is 16.5. The van der Waals surface area contributed by atoms with Crippen molar-refractivity contribution in [3.05, 3.63) is 21.1 Å². The number of anilines is 1. The molecule has 0 N–H and O–H groups in total. The number of ether oxygens (including phenoxy) is 2. The predicted molar refractivity (Wildman–Crippen MR) is 74.4 cm³/mol. The molecule has 1 aromatic heterocycles. The Hall–Kier alpha value is -1.51. The Morgan fingerprint density at radius 2 is 1.80 bits per heavy atom. The molecular formula is C11H17ClN4O4. The molecule has 0 aliphatic rings. The second kappa shape index (κ2) is 7.93. The van der Waals surface area contributed by atoms with Crippen molar-refractivity contribution in [3.63, 3.8) is 0 Å². The van der Waals surface area contributed by atoms with Gasteiger partial charge >= 0.3 is 5.69 Å². The normalized spacial score (nSPS) is 10.6. The maximum atomic E-state index is 11.2. The Labute approximate surface area is 121 Å². The lowest BCUT2D eigenvalue weighted by molar-refractivity contribution is -0.385. The summed E-state index contributed by atoms with van der Waals surface area (Å²) in [7, 11) is 3.11. The van der Waals surface area contributed by atoms with Gasteiger partial charge in [-0.2, -0.15) is 4.98 Å². The third-order valence-corrected chi connectivity index (χ3v) is 2.79. The maximum Gasteiger partial charge on any atom is 0.332 e. The van der Waals surface area contributed by atoms with Crippen LogP contribution in [0, 0.1) is 17.0 Å². The molecule has 0 amide bonds. The van der Waals surface area contributed by atoms with E-state index in [1.165, 1.54) is 6.92 Å². The Morgan fingerprint density at radius 1 is 1.25 bits per heavy atom. The molecule has 0 aromatic carbocycles. The van der Waals surface area contributed by atoms with Gasteiger partial charge in [0.05, 0.1) is 18.1 Å². The van der Waals surface area contributed by atoms with Gasteiger partial charge in [-0.15, -0.1) is 0 Å². The zero-order valence-electron chi connectivity index (χ0n) is 11.6. The van der Waals surface area contributed by atoms with E-state index in [-0.39, 0.29) is 22.5 Å². The standard InChI is InChI=1S/C11H17ClN4O4/c1-8-9(16(17)18)10(14-11(12)13-8)15(4-6-19-2)5-7-20-3/h4-7H2,1-3H3. The number of hydrogen-bond donors (Lipinski definition) is 0. The molecule has 9 heteroatoms. The minimum atomic E-state index is -0.506. The largest absolute Gasteiger partial charge is 0.383 e. The van der Waals surface area contributed by atoms with Crippen molar-refractivity contribution in [1.29, 1.82) is 0 Å². The summed E-state index contributed by atoms with van der Waals surface area (Å²) in [5, 5.41) is 11.2. The van der Waals surface area contributed by atoms with E-state index in [1.54, 1.807) is 19.1 Å². The quantitative estimate of drug-likeness (QED) is 0.408. The van der Waals surface area contributed by atoms with Crippen LogP contribution in [0.15, 0.2) is 0 Å². The van der Waals surface area contributed by atoms with Gasteiger partial charge in [0.15, 0.2) is 0 Å². The van der Waals surface area contributed by atoms with Crippen molar-refractivity contribution in [2.24, 2.45) is 0 Å². The lowest BCUT2D eigenvalue weighted by Gasteiger charge is -2.23. The van der Waals surface area contributed by atoms with Crippen molar-refractivity contribution in [2.45, 2.75) is 6.92 Å². The fourth-order valence-electron chi connectivity index (χ4n) is 1.68. The van der Waals surface area contributed by atoms with Gasteiger partial charge in [-0.3, -0.25) is 10.1 Å². The van der Waals surface area contributed by atoms with E-state index < -0.39 is 4.92 Å². The minimum Gasteiger partial charge on any atom is -0.383 e. The number of nitrogens with zero attached hydrogens (tertiary/aromatic N) is 4. The molecule has 0 radical (unpaired) electrons. The van der Waals surface area contributed by atoms with E-state index in [9.17, 15) is 10.1 Å². The molecule has 0 unspecified atom stereocenters. The first-order valence-electron chi connectivity index (χ1n) is 5.92. The summed E-state index contributed by atoms with van der Waals surface area (Å²) in [6.45, 7) is 3.21. The summed E-state index contributed by atoms with van der Waals surface area (Å²) in [6.07, 6.45) is 0. The van der Waals surface area contributed by atoms with Gasteiger partial charge in [-0.1, -0.05) is 0 Å². The van der Waals surface area contributed by atoms with Crippen LogP contribution in [0.1, 0.15) is 5.69 Å². The van der Waals surface area contributed by atoms with Crippen molar-refractivity contribution in [3.8, 4) is 0 Å². The molecule has 112 valence electrons. The van der Waals surface area contributed by atoms with Crippen molar-refractivity contribution < 1.29 is 14.4 Å². The van der Waals surface area contributed by atoms with Gasteiger partial charge < -0.3 is 14.4 Å². The highest BCUT2D eigenvalue weighted by Gasteiger charge is 2.26. The number of halogens is 1. The van der Waals surface area contributed by atoms with E-state index in [4.69, 9.17) is 21.1 Å². The molecule has 8 nitrogen and oxygen atoms in total. The molecule has 1 aromatic rings. The lowest BCUT2D eigenvalue weighted by atomic mass is 10.3. The van der Waals surface area contributed by atoms with E-state index in [1.807, 2.05) is 0 Å². The van der Waals surface area contributed by atoms with Gasteiger partial charge in [0.1, 0.15) is 5.69 Å². The third-order valence-electron chi connectivity index (χ3n) is 2.63. The fourth-order valence-corrected chi connectivity index (χ4v) is 1.89. The van der Waals surface area contributed by atoms with Crippen LogP contribution in [0.3, 0.4) is 0 Å². The molecule has 0 saturated heterocycles. The Kier molecular flexibility index (Phi) is 6.56. The zero-order valence-corrected chi connectivity index (χ0v) is 12.4. The third kappa shape index (κ3) is 4.26. The van der Waals surface area contributed by atoms with E-state index in [0.29, 0.717) is 26.3 Å². The smallest absolute Gasteiger partial charge is 0.332 e. The van der Waals surface area contributed by atoms with Gasteiger partial charge in [-0.25, -0.2) is 4.98 Å². The van der Waals surface area contributed by atoms with Gasteiger partial charge in [0, 0.05) is 27.3 Å². The molecule has 1 heterocycles. The highest BCUT2D eigenvalue weighted by Crippen LogP contribution is 2.29. The lowest BCUT2D eigenvalue weighted by Crippen LogP contribution is -2.32. The predicted octanol–water partition coefficient (Wildman–Crippen LogP) is 1.45. The molecule has 0 bridgehead atoms. The van der Waals surface area contributed by atoms with Gasteiger partial charge in [0.2, 0.25) is 11.1 Å². The van der Waals surface area contributed by atoms with E-state index in [0.717, 1.165) is 0 Å². The van der Waals surface area contributed by atoms with Crippen LogP contribution in [-0.2, 0) is 9.47 Å². The maximum absolute atomic E-state index is 11.2. The topological polar surface area (TPSA) is 90.6 Å². The fraction of sp³-hybridized carbons (Fsp3) is 0.636. The minimum absolute atomic E-state index is 0.0251. The summed E-state index contributed by atoms with van der Waals surface area (Å²) in [4.78, 5) is 20.2. The molecule has 1 rings (SSSR count). The van der Waals surface area contributed by atoms with E-state index in [2.05, 4.69) is 9.97 Å². The van der Waals surface area contributed by atoms with Crippen molar-refractivity contribution in [1.82, 2.24) is 9.97 Å². The highest BCUT2D eigenvalue weighted by atomic mass is 35.5. The first-order chi connectivity index (χ1) is 9.51. The molecule has 0 aliphatic heterocycles. The van der Waals surface area contributed by atoms with Crippen LogP contribution in [0.2, 0.25) is 5.28 Å². The van der Waals surface area contributed by atoms with Crippen LogP contribution >= 0.6 is 11.6 Å². The van der Waals surface area contributed by atoms with Crippen molar-refractivity contribution >= 4 is 23.1 Å². The van der Waals surface area contributed by atoms with E-state index >= 15 is 0 Å². The summed E-state index contributed by atoms with van der Waals surface area (Å²) in [5.41, 5.74) is 0.0754. The number of nitro groups is 1. The molecule has 20 heavy (non-hydrogen) atoms. The van der Waals surface area contributed by atoms with Crippen molar-refractivity contribution in [2.75, 3.05) is 45.4 Å². The number of methoxy groups -OCH3 is 2. The zero-order chi connectivity index (χ0) is 15.1. The highest BCUT2D eigenvalue weighted by molar-refractivity contribution is 6.28. The molecular weight excluding hydrogens is 288 g/mol. The van der Waals surface area contributed by atoms with Crippen LogP contribution < -0.4 is 4.90 Å². The molecule has 0 saturated carbocycles. The number of rotatable bonds is 8. The Bertz CT molecular complexity index is 464. The van der Waals surface area contributed by atoms with Crippen LogP contribution in [0.5, 0.6) is 0 Å².